The Morgan fingerprint density at radius 1 is 1.08 bits per heavy atom. The summed E-state index contributed by atoms with van der Waals surface area (Å²) < 4.78 is 19.7. The van der Waals surface area contributed by atoms with Crippen LogP contribution in [0.15, 0.2) is 48.5 Å². The molecule has 4 rings (SSSR count). The summed E-state index contributed by atoms with van der Waals surface area (Å²) in [5.74, 6) is -1.52. The maximum atomic E-state index is 13.9. The van der Waals surface area contributed by atoms with E-state index < -0.39 is 5.79 Å². The zero-order chi connectivity index (χ0) is 16.6. The Bertz CT molecular complexity index is 724. The van der Waals surface area contributed by atoms with Crippen molar-refractivity contribution in [3.8, 4) is 11.1 Å². The van der Waals surface area contributed by atoms with Crippen molar-refractivity contribution in [2.24, 2.45) is 0 Å². The number of rotatable bonds is 2. The first-order valence-electron chi connectivity index (χ1n) is 8.61. The standard InChI is InChI=1S/C20H22FNO2.BrH/c21-19-7-2-1-6-18(19)15-8-10-16(11-9-15)20(23)14-22-12-4-3-5-17(22)13-24-20;/h1-2,6-11,17,23H,3-5,12-14H2;1H. The lowest BCUT2D eigenvalue weighted by molar-refractivity contribution is -0.264. The van der Waals surface area contributed by atoms with Crippen molar-refractivity contribution in [3.05, 3.63) is 59.9 Å². The summed E-state index contributed by atoms with van der Waals surface area (Å²) in [5, 5.41) is 11.0. The number of benzene rings is 2. The number of halogens is 2. The van der Waals surface area contributed by atoms with E-state index in [2.05, 4.69) is 4.90 Å². The summed E-state index contributed by atoms with van der Waals surface area (Å²) in [6, 6.07) is 14.5. The van der Waals surface area contributed by atoms with Gasteiger partial charge in [0.2, 0.25) is 5.79 Å². The van der Waals surface area contributed by atoms with Gasteiger partial charge in [-0.1, -0.05) is 48.9 Å². The minimum Gasteiger partial charge on any atom is -0.361 e. The zero-order valence-electron chi connectivity index (χ0n) is 14.0. The molecule has 5 heteroatoms. The van der Waals surface area contributed by atoms with Crippen LogP contribution in [-0.4, -0.2) is 35.7 Å². The molecule has 2 aliphatic heterocycles. The molecule has 2 unspecified atom stereocenters. The van der Waals surface area contributed by atoms with Crippen molar-refractivity contribution in [3.63, 3.8) is 0 Å². The smallest absolute Gasteiger partial charge is 0.205 e. The van der Waals surface area contributed by atoms with E-state index in [1.165, 1.54) is 18.9 Å². The van der Waals surface area contributed by atoms with Crippen LogP contribution < -0.4 is 0 Å². The summed E-state index contributed by atoms with van der Waals surface area (Å²) in [7, 11) is 0. The van der Waals surface area contributed by atoms with Crippen LogP contribution >= 0.6 is 17.0 Å². The zero-order valence-corrected chi connectivity index (χ0v) is 15.7. The van der Waals surface area contributed by atoms with Gasteiger partial charge in [-0.3, -0.25) is 4.90 Å². The first kappa shape index (κ1) is 18.5. The molecular formula is C20H23BrFNO2. The maximum absolute atomic E-state index is 13.9. The number of ether oxygens (including phenoxy) is 1. The van der Waals surface area contributed by atoms with E-state index in [1.54, 1.807) is 12.1 Å². The Morgan fingerprint density at radius 2 is 1.84 bits per heavy atom. The lowest BCUT2D eigenvalue weighted by Gasteiger charge is -2.46. The topological polar surface area (TPSA) is 32.7 Å². The number of fused-ring (bicyclic) bond motifs is 1. The predicted octanol–water partition coefficient (Wildman–Crippen LogP) is 4.10. The number of nitrogens with zero attached hydrogens (tertiary/aromatic N) is 1. The highest BCUT2D eigenvalue weighted by Gasteiger charge is 2.41. The average molecular weight is 408 g/mol. The molecule has 2 aromatic carbocycles. The van der Waals surface area contributed by atoms with Crippen LogP contribution in [0.3, 0.4) is 0 Å². The van der Waals surface area contributed by atoms with E-state index in [9.17, 15) is 9.50 Å². The van der Waals surface area contributed by atoms with Crippen LogP contribution in [0.5, 0.6) is 0 Å². The van der Waals surface area contributed by atoms with E-state index in [0.717, 1.165) is 24.1 Å². The number of piperidine rings is 1. The van der Waals surface area contributed by atoms with Crippen LogP contribution in [0.2, 0.25) is 0 Å². The highest BCUT2D eigenvalue weighted by atomic mass is 79.9. The number of morpholine rings is 1. The minimum atomic E-state index is -1.28. The molecule has 3 nitrogen and oxygen atoms in total. The number of hydrogen-bond acceptors (Lipinski definition) is 3. The largest absolute Gasteiger partial charge is 0.361 e. The van der Waals surface area contributed by atoms with Crippen molar-refractivity contribution in [1.82, 2.24) is 4.90 Å². The third-order valence-corrected chi connectivity index (χ3v) is 5.20. The molecule has 0 bridgehead atoms. The highest BCUT2D eigenvalue weighted by Crippen LogP contribution is 2.34. The van der Waals surface area contributed by atoms with Gasteiger partial charge in [-0.15, -0.1) is 17.0 Å². The summed E-state index contributed by atoms with van der Waals surface area (Å²) in [6.45, 7) is 2.08. The Hall–Kier alpha value is -1.27. The van der Waals surface area contributed by atoms with Gasteiger partial charge in [-0.2, -0.15) is 0 Å². The van der Waals surface area contributed by atoms with Crippen molar-refractivity contribution < 1.29 is 14.2 Å². The van der Waals surface area contributed by atoms with Crippen LogP contribution in [0.4, 0.5) is 4.39 Å². The van der Waals surface area contributed by atoms with Crippen molar-refractivity contribution >= 4 is 17.0 Å². The molecule has 25 heavy (non-hydrogen) atoms. The van der Waals surface area contributed by atoms with Crippen molar-refractivity contribution in [1.29, 1.82) is 0 Å². The summed E-state index contributed by atoms with van der Waals surface area (Å²) >= 11 is 0. The van der Waals surface area contributed by atoms with Gasteiger partial charge in [-0.05, 0) is 31.0 Å². The molecule has 134 valence electrons. The van der Waals surface area contributed by atoms with E-state index in [-0.39, 0.29) is 22.8 Å². The van der Waals surface area contributed by atoms with Gasteiger partial charge in [0, 0.05) is 17.2 Å². The number of hydrogen-bond donors (Lipinski definition) is 1. The molecule has 2 heterocycles. The highest BCUT2D eigenvalue weighted by molar-refractivity contribution is 8.93. The fourth-order valence-corrected chi connectivity index (χ4v) is 3.79. The maximum Gasteiger partial charge on any atom is 0.205 e. The molecule has 2 aromatic rings. The van der Waals surface area contributed by atoms with Gasteiger partial charge in [0.25, 0.3) is 0 Å². The Balaban J connectivity index is 0.00000182. The summed E-state index contributed by atoms with van der Waals surface area (Å²) in [6.07, 6.45) is 3.56. The third-order valence-electron chi connectivity index (χ3n) is 5.20. The van der Waals surface area contributed by atoms with E-state index in [4.69, 9.17) is 4.74 Å². The number of aliphatic hydroxyl groups is 1. The first-order chi connectivity index (χ1) is 11.7. The van der Waals surface area contributed by atoms with Gasteiger partial charge in [0.15, 0.2) is 0 Å². The van der Waals surface area contributed by atoms with Crippen LogP contribution in [0, 0.1) is 5.82 Å². The molecule has 0 amide bonds. The van der Waals surface area contributed by atoms with Crippen LogP contribution in [-0.2, 0) is 10.5 Å². The van der Waals surface area contributed by atoms with Gasteiger partial charge in [0.05, 0.1) is 13.2 Å². The Morgan fingerprint density at radius 3 is 2.60 bits per heavy atom. The molecule has 0 spiro atoms. The second kappa shape index (κ2) is 7.54. The van der Waals surface area contributed by atoms with E-state index in [0.29, 0.717) is 24.8 Å². The van der Waals surface area contributed by atoms with Crippen LogP contribution in [0.25, 0.3) is 11.1 Å². The quantitative estimate of drug-likeness (QED) is 0.812. The lowest BCUT2D eigenvalue weighted by atomic mass is 9.95. The second-order valence-electron chi connectivity index (χ2n) is 6.77. The molecule has 2 fully saturated rings. The third kappa shape index (κ3) is 3.65. The van der Waals surface area contributed by atoms with Gasteiger partial charge >= 0.3 is 0 Å². The molecule has 2 saturated heterocycles. The lowest BCUT2D eigenvalue weighted by Crippen LogP contribution is -2.56. The Labute approximate surface area is 158 Å². The van der Waals surface area contributed by atoms with E-state index >= 15 is 0 Å². The monoisotopic (exact) mass is 407 g/mol. The summed E-state index contributed by atoms with van der Waals surface area (Å²) in [5.41, 5.74) is 2.09. The fraction of sp³-hybridized carbons (Fsp3) is 0.400. The fourth-order valence-electron chi connectivity index (χ4n) is 3.79. The van der Waals surface area contributed by atoms with E-state index in [1.807, 2.05) is 30.3 Å². The van der Waals surface area contributed by atoms with Crippen molar-refractivity contribution in [2.45, 2.75) is 31.1 Å². The van der Waals surface area contributed by atoms with Gasteiger partial charge < -0.3 is 9.84 Å². The minimum absolute atomic E-state index is 0. The molecular weight excluding hydrogens is 385 g/mol. The average Bonchev–Trinajstić information content (AvgIpc) is 2.62. The van der Waals surface area contributed by atoms with Gasteiger partial charge in [0.1, 0.15) is 5.82 Å². The van der Waals surface area contributed by atoms with Gasteiger partial charge in [-0.25, -0.2) is 4.39 Å². The molecule has 1 N–H and O–H groups in total. The van der Waals surface area contributed by atoms with Crippen LogP contribution in [0.1, 0.15) is 24.8 Å². The predicted molar refractivity (Wildman–Crippen MR) is 101 cm³/mol. The molecule has 0 radical (unpaired) electrons. The molecule has 2 atom stereocenters. The van der Waals surface area contributed by atoms with Crippen molar-refractivity contribution in [2.75, 3.05) is 19.7 Å². The Kier molecular flexibility index (Phi) is 5.58. The normalized spacial score (nSPS) is 26.6. The molecule has 2 aliphatic rings. The molecule has 0 saturated carbocycles. The first-order valence-corrected chi connectivity index (χ1v) is 8.61. The molecule has 0 aliphatic carbocycles. The second-order valence-corrected chi connectivity index (χ2v) is 6.77. The molecule has 0 aromatic heterocycles. The SMILES string of the molecule is Br.OC1(c2ccc(-c3ccccc3F)cc2)CN2CCCCC2CO1. The summed E-state index contributed by atoms with van der Waals surface area (Å²) in [4.78, 5) is 2.33.